The van der Waals surface area contributed by atoms with Gasteiger partial charge in [-0.05, 0) is 84.8 Å². The Labute approximate surface area is 267 Å². The number of halogens is 4. The second-order valence-corrected chi connectivity index (χ2v) is 11.3. The van der Waals surface area contributed by atoms with Crippen LogP contribution < -0.4 is 15.5 Å². The number of nitriles is 1. The molecule has 4 rings (SSSR count). The molecular weight excluding hydrogens is 651 g/mol. The van der Waals surface area contributed by atoms with E-state index in [1.807, 2.05) is 30.3 Å². The molecule has 8 nitrogen and oxygen atoms in total. The Morgan fingerprint density at radius 2 is 1.78 bits per heavy atom. The van der Waals surface area contributed by atoms with Crippen molar-refractivity contribution in [1.29, 1.82) is 5.26 Å². The van der Waals surface area contributed by atoms with Crippen LogP contribution in [0.4, 0.5) is 24.5 Å². The maximum absolute atomic E-state index is 13.6. The van der Waals surface area contributed by atoms with Gasteiger partial charge in [-0.25, -0.2) is 4.99 Å². The van der Waals surface area contributed by atoms with Gasteiger partial charge in [0.25, 0.3) is 5.91 Å². The number of allylic oxidation sites excluding steroid dienone is 2. The molecule has 0 atom stereocenters. The number of alkyl halides is 3. The Kier molecular flexibility index (Phi) is 11.4. The second-order valence-electron chi connectivity index (χ2n) is 10.4. The van der Waals surface area contributed by atoms with E-state index in [1.165, 1.54) is 11.6 Å². The molecule has 3 aromatic rings. The van der Waals surface area contributed by atoms with Crippen LogP contribution in [0.5, 0.6) is 0 Å². The number of rotatable bonds is 10. The van der Waals surface area contributed by atoms with Crippen molar-refractivity contribution in [2.45, 2.75) is 44.8 Å². The van der Waals surface area contributed by atoms with Crippen LogP contribution in [0.1, 0.15) is 59.2 Å². The highest BCUT2D eigenvalue weighted by Gasteiger charge is 2.31. The highest BCUT2D eigenvalue weighted by Crippen LogP contribution is 2.34. The molecule has 0 heterocycles. The van der Waals surface area contributed by atoms with Gasteiger partial charge < -0.3 is 20.6 Å². The molecule has 0 unspecified atom stereocenters. The van der Waals surface area contributed by atoms with Gasteiger partial charge in [0, 0.05) is 28.0 Å². The monoisotopic (exact) mass is 681 g/mol. The Morgan fingerprint density at radius 1 is 1.04 bits per heavy atom. The Bertz CT molecular complexity index is 1610. The maximum atomic E-state index is 13.6. The molecule has 1 aliphatic carbocycles. The van der Waals surface area contributed by atoms with E-state index in [4.69, 9.17) is 5.11 Å². The minimum atomic E-state index is -4.57. The summed E-state index contributed by atoms with van der Waals surface area (Å²) in [6, 6.07) is 19.9. The van der Waals surface area contributed by atoms with Gasteiger partial charge in [0.15, 0.2) is 0 Å². The molecule has 0 bridgehead atoms. The molecule has 0 radical (unpaired) electrons. The molecule has 0 aromatic heterocycles. The topological polar surface area (TPSA) is 118 Å². The summed E-state index contributed by atoms with van der Waals surface area (Å²) < 4.78 is 41.0. The Balaban J connectivity index is 1.68. The predicted octanol–water partition coefficient (Wildman–Crippen LogP) is 7.63. The van der Waals surface area contributed by atoms with Crippen molar-refractivity contribution in [2.75, 3.05) is 23.3 Å². The van der Waals surface area contributed by atoms with Crippen LogP contribution in [0.3, 0.4) is 0 Å². The van der Waals surface area contributed by atoms with E-state index in [-0.39, 0.29) is 42.2 Å². The smallest absolute Gasteiger partial charge is 0.416 e. The number of nitrogens with zero attached hydrogens (tertiary/aromatic N) is 3. The number of benzene rings is 3. The van der Waals surface area contributed by atoms with Crippen LogP contribution in [0.15, 0.2) is 82.3 Å². The number of carboxylic acids is 1. The van der Waals surface area contributed by atoms with E-state index in [2.05, 4.69) is 37.6 Å². The molecular formula is C33H31BrF3N5O3. The summed E-state index contributed by atoms with van der Waals surface area (Å²) in [5.41, 5.74) is 3.38. The normalized spacial score (nSPS) is 13.4. The minimum absolute atomic E-state index is 0.00731. The standard InChI is InChI=1S/C33H31BrF3N5O3/c34-27-18-26(33(35,36)37)19-28(20-27)41-32(40-17-15-38)42(29-12-10-24(11-13-29)23-4-2-1-3-5-23)21-22-6-8-25(9-7-22)31(45)39-16-14-30(43)44/h4,6-13,18-20H,1-3,5,14,16-17,21H2,(H,39,45)(H,40,41)(H,43,44). The van der Waals surface area contributed by atoms with Gasteiger partial charge in [-0.3, -0.25) is 9.59 Å². The van der Waals surface area contributed by atoms with E-state index in [1.54, 1.807) is 29.2 Å². The lowest BCUT2D eigenvalue weighted by molar-refractivity contribution is -0.138. The third kappa shape index (κ3) is 9.68. The number of carboxylic acid groups (broad SMARTS) is 1. The fraction of sp³-hybridized carbons (Fsp3) is 0.273. The quantitative estimate of drug-likeness (QED) is 0.115. The number of aliphatic carboxylic acids is 1. The van der Waals surface area contributed by atoms with Crippen molar-refractivity contribution >= 4 is 50.7 Å². The minimum Gasteiger partial charge on any atom is -0.481 e. The molecule has 3 N–H and O–H groups in total. The summed E-state index contributed by atoms with van der Waals surface area (Å²) in [6.45, 7) is -0.0631. The number of nitrogens with one attached hydrogen (secondary N) is 2. The highest BCUT2D eigenvalue weighted by molar-refractivity contribution is 9.10. The van der Waals surface area contributed by atoms with Crippen molar-refractivity contribution in [3.05, 3.63) is 99.5 Å². The van der Waals surface area contributed by atoms with Crippen molar-refractivity contribution in [1.82, 2.24) is 5.32 Å². The maximum Gasteiger partial charge on any atom is 0.416 e. The third-order valence-corrected chi connectivity index (χ3v) is 7.52. The molecule has 0 saturated carbocycles. The fourth-order valence-corrected chi connectivity index (χ4v) is 5.32. The fourth-order valence-electron chi connectivity index (χ4n) is 4.83. The first kappa shape index (κ1) is 33.3. The number of hydrogen-bond acceptors (Lipinski definition) is 4. The van der Waals surface area contributed by atoms with Crippen molar-refractivity contribution < 1.29 is 27.9 Å². The lowest BCUT2D eigenvalue weighted by Gasteiger charge is -2.28. The van der Waals surface area contributed by atoms with Gasteiger partial charge in [0.1, 0.15) is 6.54 Å². The zero-order valence-corrected chi connectivity index (χ0v) is 25.8. The highest BCUT2D eigenvalue weighted by atomic mass is 79.9. The third-order valence-electron chi connectivity index (χ3n) is 7.06. The largest absolute Gasteiger partial charge is 0.481 e. The average Bonchev–Trinajstić information content (AvgIpc) is 3.02. The van der Waals surface area contributed by atoms with E-state index >= 15 is 0 Å². The summed E-state index contributed by atoms with van der Waals surface area (Å²) in [6.07, 6.45) is 1.76. The van der Waals surface area contributed by atoms with Gasteiger partial charge in [0.2, 0.25) is 5.96 Å². The predicted molar refractivity (Wildman–Crippen MR) is 171 cm³/mol. The number of carbonyl (C=O) groups is 2. The van der Waals surface area contributed by atoms with Gasteiger partial charge in [0.05, 0.1) is 24.6 Å². The van der Waals surface area contributed by atoms with Crippen molar-refractivity contribution in [3.8, 4) is 6.07 Å². The molecule has 234 valence electrons. The molecule has 0 spiro atoms. The number of anilines is 2. The lowest BCUT2D eigenvalue weighted by Crippen LogP contribution is -2.36. The van der Waals surface area contributed by atoms with Crippen LogP contribution in [0.25, 0.3) is 5.57 Å². The first-order valence-corrected chi connectivity index (χ1v) is 15.0. The molecule has 45 heavy (non-hydrogen) atoms. The van der Waals surface area contributed by atoms with Crippen LogP contribution in [0.2, 0.25) is 0 Å². The number of guanidine groups is 1. The number of hydrogen-bond donors (Lipinski definition) is 3. The zero-order valence-electron chi connectivity index (χ0n) is 24.2. The summed E-state index contributed by atoms with van der Waals surface area (Å²) in [5.74, 6) is -1.28. The SMILES string of the molecule is N#CCN=C(Nc1cc(Br)cc(C(F)(F)F)c1)N(Cc1ccc(C(=O)NCCC(=O)O)cc1)c1ccc(C2=CCCCC2)cc1. The molecule has 0 saturated heterocycles. The Morgan fingerprint density at radius 3 is 2.40 bits per heavy atom. The lowest BCUT2D eigenvalue weighted by atomic mass is 9.93. The van der Waals surface area contributed by atoms with E-state index in [0.717, 1.165) is 48.9 Å². The first-order chi connectivity index (χ1) is 21.5. The average molecular weight is 683 g/mol. The van der Waals surface area contributed by atoms with Crippen LogP contribution in [0, 0.1) is 11.3 Å². The summed E-state index contributed by atoms with van der Waals surface area (Å²) in [5, 5.41) is 23.7. The number of aliphatic imine (C=N–C) groups is 1. The van der Waals surface area contributed by atoms with Crippen molar-refractivity contribution in [3.63, 3.8) is 0 Å². The van der Waals surface area contributed by atoms with Crippen molar-refractivity contribution in [2.24, 2.45) is 4.99 Å². The summed E-state index contributed by atoms with van der Waals surface area (Å²) in [4.78, 5) is 29.3. The van der Waals surface area contributed by atoms with Gasteiger partial charge in [-0.2, -0.15) is 18.4 Å². The summed E-state index contributed by atoms with van der Waals surface area (Å²) >= 11 is 3.16. The number of amides is 1. The van der Waals surface area contributed by atoms with Crippen LogP contribution in [-0.2, 0) is 17.5 Å². The number of carbonyl (C=O) groups excluding carboxylic acids is 1. The molecule has 1 amide bonds. The molecule has 1 aliphatic rings. The zero-order chi connectivity index (χ0) is 32.4. The molecule has 3 aromatic carbocycles. The van der Waals surface area contributed by atoms with E-state index in [0.29, 0.717) is 11.3 Å². The van der Waals surface area contributed by atoms with Gasteiger partial charge in [-0.15, -0.1) is 0 Å². The van der Waals surface area contributed by atoms with E-state index < -0.39 is 23.6 Å². The first-order valence-electron chi connectivity index (χ1n) is 14.3. The molecule has 0 fully saturated rings. The van der Waals surface area contributed by atoms with Crippen LogP contribution in [-0.4, -0.2) is 36.0 Å². The van der Waals surface area contributed by atoms with Gasteiger partial charge in [-0.1, -0.05) is 46.3 Å². The van der Waals surface area contributed by atoms with Crippen LogP contribution >= 0.6 is 15.9 Å². The summed E-state index contributed by atoms with van der Waals surface area (Å²) in [7, 11) is 0. The molecule has 12 heteroatoms. The van der Waals surface area contributed by atoms with E-state index in [9.17, 15) is 28.0 Å². The molecule has 0 aliphatic heterocycles. The van der Waals surface area contributed by atoms with Gasteiger partial charge >= 0.3 is 12.1 Å². The Hall–Kier alpha value is -4.63. The second kappa shape index (κ2) is 15.4.